The zero-order valence-electron chi connectivity index (χ0n) is 6.65. The highest BCUT2D eigenvalue weighted by atomic mass is 19.3. The van der Waals surface area contributed by atoms with E-state index in [-0.39, 0.29) is 18.7 Å². The lowest BCUT2D eigenvalue weighted by Crippen LogP contribution is -2.05. The van der Waals surface area contributed by atoms with Crippen molar-refractivity contribution in [2.45, 2.75) is 19.4 Å². The van der Waals surface area contributed by atoms with Gasteiger partial charge in [-0.3, -0.25) is 4.68 Å². The molecule has 0 saturated carbocycles. The van der Waals surface area contributed by atoms with E-state index in [1.807, 2.05) is 0 Å². The molecule has 1 aromatic rings. The van der Waals surface area contributed by atoms with Crippen molar-refractivity contribution in [2.24, 2.45) is 0 Å². The van der Waals surface area contributed by atoms with E-state index in [4.69, 9.17) is 5.11 Å². The Bertz CT molecular complexity index is 298. The second kappa shape index (κ2) is 3.97. The fraction of sp³-hybridized carbons (Fsp3) is 0.429. The minimum Gasteiger partial charge on any atom is -0.476 e. The Morgan fingerprint density at radius 2 is 2.38 bits per heavy atom. The third-order valence-electron chi connectivity index (χ3n) is 1.44. The molecular formula is C7H8F2N2O2. The summed E-state index contributed by atoms with van der Waals surface area (Å²) in [4.78, 5) is 10.3. The third-order valence-corrected chi connectivity index (χ3v) is 1.44. The number of aromatic nitrogens is 2. The van der Waals surface area contributed by atoms with Gasteiger partial charge in [0.25, 0.3) is 0 Å². The van der Waals surface area contributed by atoms with E-state index in [0.29, 0.717) is 0 Å². The Kier molecular flexibility index (Phi) is 2.94. The van der Waals surface area contributed by atoms with Crippen LogP contribution in [0.4, 0.5) is 8.78 Å². The molecule has 0 radical (unpaired) electrons. The van der Waals surface area contributed by atoms with Crippen molar-refractivity contribution in [3.8, 4) is 0 Å². The molecule has 0 aliphatic carbocycles. The van der Waals surface area contributed by atoms with Crippen molar-refractivity contribution >= 4 is 5.97 Å². The molecule has 0 aromatic carbocycles. The van der Waals surface area contributed by atoms with Gasteiger partial charge < -0.3 is 5.11 Å². The molecule has 72 valence electrons. The highest BCUT2D eigenvalue weighted by Gasteiger charge is 2.08. The molecule has 0 spiro atoms. The second-order valence-electron chi connectivity index (χ2n) is 2.45. The molecule has 1 N–H and O–H groups in total. The van der Waals surface area contributed by atoms with Crippen LogP contribution >= 0.6 is 0 Å². The van der Waals surface area contributed by atoms with Crippen LogP contribution in [0.5, 0.6) is 0 Å². The van der Waals surface area contributed by atoms with E-state index in [1.165, 1.54) is 16.9 Å². The summed E-state index contributed by atoms with van der Waals surface area (Å²) in [5.41, 5.74) is -0.130. The number of carbonyl (C=O) groups is 1. The number of rotatable bonds is 4. The lowest BCUT2D eigenvalue weighted by Gasteiger charge is -1.98. The normalized spacial score (nSPS) is 10.7. The summed E-state index contributed by atoms with van der Waals surface area (Å²) < 4.78 is 24.6. The Morgan fingerprint density at radius 1 is 1.69 bits per heavy atom. The zero-order valence-corrected chi connectivity index (χ0v) is 6.65. The van der Waals surface area contributed by atoms with Gasteiger partial charge in [0.2, 0.25) is 6.43 Å². The minimum absolute atomic E-state index is 0.0327. The number of hydrogen-bond acceptors (Lipinski definition) is 2. The number of carboxylic acids is 1. The van der Waals surface area contributed by atoms with Gasteiger partial charge in [0.1, 0.15) is 0 Å². The van der Waals surface area contributed by atoms with Crippen LogP contribution in [0.25, 0.3) is 0 Å². The fourth-order valence-corrected chi connectivity index (χ4v) is 0.830. The molecule has 1 heterocycles. The van der Waals surface area contributed by atoms with Crippen molar-refractivity contribution < 1.29 is 18.7 Å². The molecule has 0 aliphatic heterocycles. The molecule has 13 heavy (non-hydrogen) atoms. The van der Waals surface area contributed by atoms with Crippen molar-refractivity contribution in [3.63, 3.8) is 0 Å². The fourth-order valence-electron chi connectivity index (χ4n) is 0.830. The van der Waals surface area contributed by atoms with Gasteiger partial charge in [0.05, 0.1) is 0 Å². The van der Waals surface area contributed by atoms with Gasteiger partial charge in [-0.1, -0.05) is 0 Å². The van der Waals surface area contributed by atoms with Crippen molar-refractivity contribution in [2.75, 3.05) is 0 Å². The van der Waals surface area contributed by atoms with E-state index >= 15 is 0 Å². The number of hydrogen-bond donors (Lipinski definition) is 1. The zero-order chi connectivity index (χ0) is 9.84. The number of alkyl halides is 2. The van der Waals surface area contributed by atoms with Gasteiger partial charge in [-0.25, -0.2) is 13.6 Å². The third kappa shape index (κ3) is 2.81. The first-order valence-corrected chi connectivity index (χ1v) is 3.64. The molecule has 1 rings (SSSR count). The van der Waals surface area contributed by atoms with Gasteiger partial charge in [-0.2, -0.15) is 5.10 Å². The maximum Gasteiger partial charge on any atom is 0.356 e. The average Bonchev–Trinajstić information content (AvgIpc) is 2.48. The van der Waals surface area contributed by atoms with Gasteiger partial charge >= 0.3 is 5.97 Å². The van der Waals surface area contributed by atoms with Crippen LogP contribution in [0.1, 0.15) is 16.9 Å². The van der Waals surface area contributed by atoms with Crippen molar-refractivity contribution in [1.82, 2.24) is 9.78 Å². The lowest BCUT2D eigenvalue weighted by atomic mass is 10.4. The Morgan fingerprint density at radius 3 is 2.85 bits per heavy atom. The van der Waals surface area contributed by atoms with Gasteiger partial charge in [0, 0.05) is 19.2 Å². The van der Waals surface area contributed by atoms with Crippen LogP contribution in [0.3, 0.4) is 0 Å². The van der Waals surface area contributed by atoms with Crippen LogP contribution in [0.2, 0.25) is 0 Å². The molecule has 0 bridgehead atoms. The summed E-state index contributed by atoms with van der Waals surface area (Å²) >= 11 is 0. The number of nitrogens with zero attached hydrogens (tertiary/aromatic N) is 2. The Balaban J connectivity index is 2.54. The molecule has 0 aliphatic rings. The molecule has 0 amide bonds. The largest absolute Gasteiger partial charge is 0.476 e. The average molecular weight is 190 g/mol. The second-order valence-corrected chi connectivity index (χ2v) is 2.45. The van der Waals surface area contributed by atoms with Crippen LogP contribution in [0.15, 0.2) is 12.3 Å². The first-order chi connectivity index (χ1) is 6.09. The van der Waals surface area contributed by atoms with Crippen LogP contribution in [0, 0.1) is 0 Å². The quantitative estimate of drug-likeness (QED) is 0.776. The van der Waals surface area contributed by atoms with Gasteiger partial charge in [-0.05, 0) is 6.07 Å². The molecule has 6 heteroatoms. The molecule has 0 saturated heterocycles. The monoisotopic (exact) mass is 190 g/mol. The summed E-state index contributed by atoms with van der Waals surface area (Å²) in [7, 11) is 0. The number of aromatic carboxylic acids is 1. The molecule has 0 atom stereocenters. The molecule has 1 aromatic heterocycles. The van der Waals surface area contributed by atoms with Gasteiger partial charge in [-0.15, -0.1) is 0 Å². The van der Waals surface area contributed by atoms with Crippen molar-refractivity contribution in [3.05, 3.63) is 18.0 Å². The lowest BCUT2D eigenvalue weighted by molar-refractivity contribution is 0.0689. The Labute approximate surface area is 72.8 Å². The Hall–Kier alpha value is -1.46. The summed E-state index contributed by atoms with van der Waals surface area (Å²) in [6, 6.07) is 1.27. The SMILES string of the molecule is O=C(O)c1ccn(CCC(F)F)n1. The maximum atomic E-state index is 11.7. The van der Waals surface area contributed by atoms with E-state index in [1.54, 1.807) is 0 Å². The van der Waals surface area contributed by atoms with Crippen molar-refractivity contribution in [1.29, 1.82) is 0 Å². The highest BCUT2D eigenvalue weighted by Crippen LogP contribution is 2.02. The highest BCUT2D eigenvalue weighted by molar-refractivity contribution is 5.84. The summed E-state index contributed by atoms with van der Waals surface area (Å²) in [6.07, 6.45) is -1.34. The molecule has 0 fully saturated rings. The summed E-state index contributed by atoms with van der Waals surface area (Å²) in [5, 5.41) is 12.0. The minimum atomic E-state index is -2.39. The van der Waals surface area contributed by atoms with E-state index in [0.717, 1.165) is 0 Å². The summed E-state index contributed by atoms with van der Waals surface area (Å²) in [5.74, 6) is -1.16. The first kappa shape index (κ1) is 9.63. The van der Waals surface area contributed by atoms with E-state index < -0.39 is 12.4 Å². The topological polar surface area (TPSA) is 55.1 Å². The predicted molar refractivity (Wildman–Crippen MR) is 39.8 cm³/mol. The molecule has 4 nitrogen and oxygen atoms in total. The standard InChI is InChI=1S/C7H8F2N2O2/c8-6(9)2-4-11-3-1-5(10-11)7(12)13/h1,3,6H,2,4H2,(H,12,13). The predicted octanol–water partition coefficient (Wildman–Crippen LogP) is 1.24. The molecular weight excluding hydrogens is 182 g/mol. The van der Waals surface area contributed by atoms with Crippen LogP contribution < -0.4 is 0 Å². The number of halogens is 2. The van der Waals surface area contributed by atoms with E-state index in [9.17, 15) is 13.6 Å². The molecule has 0 unspecified atom stereocenters. The number of carboxylic acid groups (broad SMARTS) is 1. The van der Waals surface area contributed by atoms with Gasteiger partial charge in [0.15, 0.2) is 5.69 Å². The van der Waals surface area contributed by atoms with E-state index in [2.05, 4.69) is 5.10 Å². The van der Waals surface area contributed by atoms with Crippen LogP contribution in [-0.4, -0.2) is 27.3 Å². The van der Waals surface area contributed by atoms with Crippen LogP contribution in [-0.2, 0) is 6.54 Å². The number of aryl methyl sites for hydroxylation is 1. The first-order valence-electron chi connectivity index (χ1n) is 3.64. The summed E-state index contributed by atoms with van der Waals surface area (Å²) in [6.45, 7) is 0.0327. The smallest absolute Gasteiger partial charge is 0.356 e. The maximum absolute atomic E-state index is 11.7.